The number of benzene rings is 1. The van der Waals surface area contributed by atoms with Crippen molar-refractivity contribution in [2.75, 3.05) is 6.61 Å². The summed E-state index contributed by atoms with van der Waals surface area (Å²) in [4.78, 5) is 0. The Bertz CT molecular complexity index is 613. The van der Waals surface area contributed by atoms with Crippen molar-refractivity contribution in [3.05, 3.63) is 54.1 Å². The lowest BCUT2D eigenvalue weighted by molar-refractivity contribution is 0.118. The van der Waals surface area contributed by atoms with Crippen LogP contribution < -0.4 is 4.74 Å². The number of aliphatic hydroxyl groups excluding tert-OH is 2. The van der Waals surface area contributed by atoms with E-state index in [1.165, 1.54) is 0 Å². The lowest BCUT2D eigenvalue weighted by Crippen LogP contribution is -2.21. The molecule has 0 bridgehead atoms. The highest BCUT2D eigenvalue weighted by Crippen LogP contribution is 2.38. The van der Waals surface area contributed by atoms with E-state index in [-0.39, 0.29) is 24.9 Å². The van der Waals surface area contributed by atoms with Crippen LogP contribution in [0.5, 0.6) is 5.75 Å². The molecule has 0 aromatic heterocycles. The summed E-state index contributed by atoms with van der Waals surface area (Å²) >= 11 is 0. The monoisotopic (exact) mass is 376 g/mol. The summed E-state index contributed by atoms with van der Waals surface area (Å²) in [5.41, 5.74) is 1.09. The molecule has 0 radical (unpaired) electrons. The highest BCUT2D eigenvalue weighted by Gasteiger charge is 2.40. The second kappa shape index (κ2) is 11.3. The maximum atomic E-state index is 14.3. The molecule has 0 amide bonds. The lowest BCUT2D eigenvalue weighted by atomic mass is 9.89. The first kappa shape index (κ1) is 21.6. The van der Waals surface area contributed by atoms with Crippen molar-refractivity contribution in [1.82, 2.24) is 0 Å². The van der Waals surface area contributed by atoms with Gasteiger partial charge in [-0.15, -0.1) is 0 Å². The summed E-state index contributed by atoms with van der Waals surface area (Å²) in [7, 11) is 0. The van der Waals surface area contributed by atoms with E-state index < -0.39 is 18.4 Å². The van der Waals surface area contributed by atoms with E-state index in [2.05, 4.69) is 19.1 Å². The smallest absolute Gasteiger partial charge is 0.119 e. The molecule has 1 aromatic carbocycles. The van der Waals surface area contributed by atoms with Crippen molar-refractivity contribution >= 4 is 0 Å². The molecule has 4 heteroatoms. The standard InChI is InChI=1S/C23H33FO3/c1-3-4-5-6-7-11-21-20(22(24)15-23(21)26)13-12-18(25)16-27-19-10-8-9-17(2)14-19/h5-6,8-10,12-14,18,20-23,25-26H,3-4,7,11,15-16H2,1-2H3/b6-5-,13-12+/t18-,20-,21-,22+,23+/m1/s1. The van der Waals surface area contributed by atoms with Crippen molar-refractivity contribution in [3.63, 3.8) is 0 Å². The number of allylic oxidation sites excluding steroid dienone is 3. The number of hydrogen-bond donors (Lipinski definition) is 2. The van der Waals surface area contributed by atoms with E-state index >= 15 is 0 Å². The molecular weight excluding hydrogens is 343 g/mol. The molecule has 1 aromatic rings. The summed E-state index contributed by atoms with van der Waals surface area (Å²) in [5, 5.41) is 20.3. The maximum absolute atomic E-state index is 14.3. The molecule has 0 heterocycles. The van der Waals surface area contributed by atoms with Gasteiger partial charge in [-0.2, -0.15) is 0 Å². The molecule has 1 aliphatic rings. The number of unbranched alkanes of at least 4 members (excludes halogenated alkanes) is 1. The third-order valence-corrected chi connectivity index (χ3v) is 5.13. The SMILES string of the molecule is CCC/C=C\CC[C@@H]1[C@@H](/C=C/[C@@H](O)COc2cccc(C)c2)[C@@H](F)C[C@@H]1O. The Kier molecular flexibility index (Phi) is 9.02. The second-order valence-corrected chi connectivity index (χ2v) is 7.48. The summed E-state index contributed by atoms with van der Waals surface area (Å²) in [6, 6.07) is 7.63. The first-order valence-corrected chi connectivity index (χ1v) is 10.0. The van der Waals surface area contributed by atoms with Gasteiger partial charge in [0, 0.05) is 12.3 Å². The van der Waals surface area contributed by atoms with Gasteiger partial charge in [0.05, 0.1) is 6.10 Å². The number of hydrogen-bond acceptors (Lipinski definition) is 3. The number of alkyl halides is 1. The van der Waals surface area contributed by atoms with Gasteiger partial charge >= 0.3 is 0 Å². The van der Waals surface area contributed by atoms with Crippen LogP contribution in [0.25, 0.3) is 0 Å². The zero-order valence-corrected chi connectivity index (χ0v) is 16.4. The van der Waals surface area contributed by atoms with Crippen LogP contribution in [0.15, 0.2) is 48.6 Å². The second-order valence-electron chi connectivity index (χ2n) is 7.48. The Morgan fingerprint density at radius 2 is 2.07 bits per heavy atom. The first-order valence-electron chi connectivity index (χ1n) is 10.0. The third kappa shape index (κ3) is 7.11. The van der Waals surface area contributed by atoms with E-state index in [1.807, 2.05) is 31.2 Å². The zero-order chi connectivity index (χ0) is 19.6. The van der Waals surface area contributed by atoms with E-state index in [0.29, 0.717) is 5.75 Å². The molecule has 3 nitrogen and oxygen atoms in total. The first-order chi connectivity index (χ1) is 13.0. The van der Waals surface area contributed by atoms with Crippen LogP contribution in [0.2, 0.25) is 0 Å². The largest absolute Gasteiger partial charge is 0.491 e. The molecule has 1 saturated carbocycles. The minimum atomic E-state index is -1.06. The number of aliphatic hydroxyl groups is 2. The Balaban J connectivity index is 1.85. The zero-order valence-electron chi connectivity index (χ0n) is 16.4. The summed E-state index contributed by atoms with van der Waals surface area (Å²) in [5.74, 6) is 0.250. The number of ether oxygens (including phenoxy) is 1. The molecule has 150 valence electrons. The molecule has 0 aliphatic heterocycles. The fourth-order valence-corrected chi connectivity index (χ4v) is 3.63. The number of halogens is 1. The molecule has 0 saturated heterocycles. The van der Waals surface area contributed by atoms with Crippen molar-refractivity contribution < 1.29 is 19.3 Å². The minimum Gasteiger partial charge on any atom is -0.491 e. The Morgan fingerprint density at radius 1 is 1.30 bits per heavy atom. The van der Waals surface area contributed by atoms with Crippen LogP contribution in [0, 0.1) is 18.8 Å². The predicted molar refractivity (Wildman–Crippen MR) is 108 cm³/mol. The quantitative estimate of drug-likeness (QED) is 0.579. The average Bonchev–Trinajstić information content (AvgIpc) is 2.91. The Hall–Kier alpha value is -1.65. The van der Waals surface area contributed by atoms with Gasteiger partial charge in [0.25, 0.3) is 0 Å². The fraction of sp³-hybridized carbons (Fsp3) is 0.565. The van der Waals surface area contributed by atoms with Crippen LogP contribution >= 0.6 is 0 Å². The van der Waals surface area contributed by atoms with Crippen LogP contribution in [0.3, 0.4) is 0 Å². The predicted octanol–water partition coefficient (Wildman–Crippen LogP) is 4.76. The summed E-state index contributed by atoms with van der Waals surface area (Å²) < 4.78 is 19.9. The van der Waals surface area contributed by atoms with Crippen molar-refractivity contribution in [3.8, 4) is 5.75 Å². The van der Waals surface area contributed by atoms with Crippen molar-refractivity contribution in [2.24, 2.45) is 11.8 Å². The highest BCUT2D eigenvalue weighted by atomic mass is 19.1. The van der Waals surface area contributed by atoms with Gasteiger partial charge in [-0.1, -0.05) is 49.8 Å². The molecular formula is C23H33FO3. The van der Waals surface area contributed by atoms with Crippen LogP contribution in [-0.4, -0.2) is 35.2 Å². The van der Waals surface area contributed by atoms with E-state index in [0.717, 1.165) is 31.2 Å². The fourth-order valence-electron chi connectivity index (χ4n) is 3.63. The number of aryl methyl sites for hydroxylation is 1. The molecule has 0 spiro atoms. The van der Waals surface area contributed by atoms with Gasteiger partial charge < -0.3 is 14.9 Å². The van der Waals surface area contributed by atoms with E-state index in [1.54, 1.807) is 12.2 Å². The molecule has 1 fully saturated rings. The topological polar surface area (TPSA) is 49.7 Å². The Labute approximate surface area is 162 Å². The van der Waals surface area contributed by atoms with Gasteiger partial charge in [0.2, 0.25) is 0 Å². The van der Waals surface area contributed by atoms with Gasteiger partial charge in [-0.3, -0.25) is 0 Å². The average molecular weight is 377 g/mol. The van der Waals surface area contributed by atoms with Gasteiger partial charge in [0.15, 0.2) is 0 Å². The van der Waals surface area contributed by atoms with Gasteiger partial charge in [-0.25, -0.2) is 4.39 Å². The van der Waals surface area contributed by atoms with Crippen molar-refractivity contribution in [2.45, 2.75) is 64.3 Å². The number of rotatable bonds is 10. The third-order valence-electron chi connectivity index (χ3n) is 5.13. The molecule has 2 rings (SSSR count). The maximum Gasteiger partial charge on any atom is 0.119 e. The van der Waals surface area contributed by atoms with Crippen molar-refractivity contribution in [1.29, 1.82) is 0 Å². The van der Waals surface area contributed by atoms with Gasteiger partial charge in [0.1, 0.15) is 24.6 Å². The Morgan fingerprint density at radius 3 is 2.81 bits per heavy atom. The van der Waals surface area contributed by atoms with Crippen LogP contribution in [0.4, 0.5) is 4.39 Å². The minimum absolute atomic E-state index is 0.104. The molecule has 0 unspecified atom stereocenters. The van der Waals surface area contributed by atoms with E-state index in [4.69, 9.17) is 4.74 Å². The highest BCUT2D eigenvalue weighted by molar-refractivity contribution is 5.27. The summed E-state index contributed by atoms with van der Waals surface area (Å²) in [6.07, 6.45) is 9.05. The van der Waals surface area contributed by atoms with Crippen LogP contribution in [0.1, 0.15) is 44.6 Å². The molecule has 27 heavy (non-hydrogen) atoms. The van der Waals surface area contributed by atoms with E-state index in [9.17, 15) is 14.6 Å². The molecule has 1 aliphatic carbocycles. The lowest BCUT2D eigenvalue weighted by Gasteiger charge is -2.20. The molecule has 5 atom stereocenters. The van der Waals surface area contributed by atoms with Gasteiger partial charge in [-0.05, 0) is 49.8 Å². The summed E-state index contributed by atoms with van der Waals surface area (Å²) in [6.45, 7) is 4.23. The molecule has 2 N–H and O–H groups in total. The van der Waals surface area contributed by atoms with Crippen LogP contribution in [-0.2, 0) is 0 Å². The normalized spacial score (nSPS) is 26.9.